The molecule has 21 heavy (non-hydrogen) atoms. The van der Waals surface area contributed by atoms with Gasteiger partial charge in [-0.2, -0.15) is 0 Å². The van der Waals surface area contributed by atoms with Crippen molar-refractivity contribution >= 4 is 28.8 Å². The van der Waals surface area contributed by atoms with Crippen molar-refractivity contribution in [1.82, 2.24) is 4.90 Å². The van der Waals surface area contributed by atoms with Gasteiger partial charge in [0, 0.05) is 18.7 Å². The van der Waals surface area contributed by atoms with Crippen molar-refractivity contribution in [2.45, 2.75) is 20.3 Å². The Morgan fingerprint density at radius 3 is 2.76 bits per heavy atom. The molecule has 1 aromatic rings. The Morgan fingerprint density at radius 1 is 1.33 bits per heavy atom. The van der Waals surface area contributed by atoms with E-state index in [4.69, 9.17) is 5.41 Å². The molecule has 0 spiro atoms. The van der Waals surface area contributed by atoms with Gasteiger partial charge in [0.05, 0.1) is 4.91 Å². The van der Waals surface area contributed by atoms with Crippen molar-refractivity contribution in [1.29, 1.82) is 5.41 Å². The predicted octanol–water partition coefficient (Wildman–Crippen LogP) is 3.68. The fraction of sp³-hybridized carbons (Fsp3) is 0.333. The molecule has 0 radical (unpaired) electrons. The molecule has 0 unspecified atom stereocenters. The third-order valence-corrected chi connectivity index (χ3v) is 4.36. The van der Waals surface area contributed by atoms with Gasteiger partial charge >= 0.3 is 0 Å². The zero-order valence-electron chi connectivity index (χ0n) is 10.8. The van der Waals surface area contributed by atoms with Crippen LogP contribution in [-0.2, 0) is 0 Å². The standard InChI is InChI=1S/C14H14FN3OS.CH4/c15-10-3-4-11(19)9(7-10)8-12-13(16)17-14(20-12)18-5-1-2-6-18;/h3-4,7-8,16,19H,1-2,5-6H2;1H4/b12-8-,16-13?;. The Balaban J connectivity index is 0.00000161. The summed E-state index contributed by atoms with van der Waals surface area (Å²) in [5.41, 5.74) is 0.370. The molecule has 1 fully saturated rings. The molecular weight excluding hydrogens is 289 g/mol. The van der Waals surface area contributed by atoms with E-state index >= 15 is 0 Å². The van der Waals surface area contributed by atoms with Crippen LogP contribution in [0, 0.1) is 11.2 Å². The summed E-state index contributed by atoms with van der Waals surface area (Å²) in [6.07, 6.45) is 3.91. The number of hydrogen-bond donors (Lipinski definition) is 2. The summed E-state index contributed by atoms with van der Waals surface area (Å²) < 4.78 is 13.2. The number of amidine groups is 2. The third-order valence-electron chi connectivity index (χ3n) is 3.29. The maximum Gasteiger partial charge on any atom is 0.171 e. The number of aromatic hydroxyl groups is 1. The fourth-order valence-corrected chi connectivity index (χ4v) is 3.22. The van der Waals surface area contributed by atoms with Gasteiger partial charge in [-0.3, -0.25) is 5.41 Å². The van der Waals surface area contributed by atoms with Gasteiger partial charge < -0.3 is 10.0 Å². The van der Waals surface area contributed by atoms with E-state index in [-0.39, 0.29) is 19.0 Å². The van der Waals surface area contributed by atoms with Crippen LogP contribution in [0.4, 0.5) is 4.39 Å². The van der Waals surface area contributed by atoms with E-state index in [1.807, 2.05) is 0 Å². The van der Waals surface area contributed by atoms with Crippen LogP contribution in [0.3, 0.4) is 0 Å². The van der Waals surface area contributed by atoms with E-state index in [2.05, 4.69) is 9.89 Å². The second-order valence-electron chi connectivity index (χ2n) is 4.75. The molecule has 0 aromatic heterocycles. The number of nitrogens with one attached hydrogen (secondary N) is 1. The van der Waals surface area contributed by atoms with Crippen LogP contribution in [-0.4, -0.2) is 34.1 Å². The zero-order chi connectivity index (χ0) is 14.1. The number of aliphatic imine (C=N–C) groups is 1. The molecule has 1 aromatic carbocycles. The smallest absolute Gasteiger partial charge is 0.171 e. The Morgan fingerprint density at radius 2 is 2.05 bits per heavy atom. The largest absolute Gasteiger partial charge is 0.507 e. The van der Waals surface area contributed by atoms with Crippen LogP contribution in [0.25, 0.3) is 6.08 Å². The third kappa shape index (κ3) is 3.26. The first-order chi connectivity index (χ1) is 9.63. The molecule has 3 rings (SSSR count). The lowest BCUT2D eigenvalue weighted by atomic mass is 10.2. The summed E-state index contributed by atoms with van der Waals surface area (Å²) in [5, 5.41) is 18.4. The highest BCUT2D eigenvalue weighted by molar-refractivity contribution is 8.18. The quantitative estimate of drug-likeness (QED) is 0.832. The number of hydrogen-bond acceptors (Lipinski definition) is 4. The number of benzene rings is 1. The second-order valence-corrected chi connectivity index (χ2v) is 5.76. The summed E-state index contributed by atoms with van der Waals surface area (Å²) >= 11 is 1.40. The van der Waals surface area contributed by atoms with Crippen LogP contribution in [0.5, 0.6) is 5.75 Å². The van der Waals surface area contributed by atoms with Crippen molar-refractivity contribution in [3.05, 3.63) is 34.5 Å². The van der Waals surface area contributed by atoms with Gasteiger partial charge in [-0.1, -0.05) is 7.43 Å². The van der Waals surface area contributed by atoms with Crippen LogP contribution in [0.1, 0.15) is 25.8 Å². The van der Waals surface area contributed by atoms with Gasteiger partial charge in [0.1, 0.15) is 11.6 Å². The Kier molecular flexibility index (Phi) is 4.67. The van der Waals surface area contributed by atoms with Gasteiger partial charge in [-0.15, -0.1) is 0 Å². The Bertz CT molecular complexity index is 621. The highest BCUT2D eigenvalue weighted by Gasteiger charge is 2.25. The van der Waals surface area contributed by atoms with Gasteiger partial charge in [0.15, 0.2) is 11.0 Å². The fourth-order valence-electron chi connectivity index (χ4n) is 2.24. The molecule has 4 nitrogen and oxygen atoms in total. The molecule has 0 aliphatic carbocycles. The molecular formula is C15H18FN3OS. The second kappa shape index (κ2) is 6.30. The molecule has 112 valence electrons. The molecule has 0 atom stereocenters. The van der Waals surface area contributed by atoms with Crippen molar-refractivity contribution in [3.8, 4) is 5.75 Å². The minimum absolute atomic E-state index is 0. The summed E-state index contributed by atoms with van der Waals surface area (Å²) in [6.45, 7) is 1.94. The van der Waals surface area contributed by atoms with E-state index in [1.54, 1.807) is 6.08 Å². The summed E-state index contributed by atoms with van der Waals surface area (Å²) in [5.74, 6) is -0.243. The number of likely N-dealkylation sites (tertiary alicyclic amines) is 1. The minimum atomic E-state index is -0.412. The van der Waals surface area contributed by atoms with Crippen molar-refractivity contribution < 1.29 is 9.50 Å². The average Bonchev–Trinajstić information content (AvgIpc) is 3.04. The number of nitrogens with zero attached hydrogens (tertiary/aromatic N) is 2. The summed E-state index contributed by atoms with van der Waals surface area (Å²) in [7, 11) is 0. The normalized spacial score (nSPS) is 19.9. The Labute approximate surface area is 127 Å². The Hall–Kier alpha value is -1.82. The van der Waals surface area contributed by atoms with Gasteiger partial charge in [-0.05, 0) is 48.9 Å². The topological polar surface area (TPSA) is 59.7 Å². The first-order valence-corrected chi connectivity index (χ1v) is 7.26. The van der Waals surface area contributed by atoms with Crippen molar-refractivity contribution in [3.63, 3.8) is 0 Å². The first-order valence-electron chi connectivity index (χ1n) is 6.44. The van der Waals surface area contributed by atoms with Crippen LogP contribution in [0.15, 0.2) is 28.1 Å². The number of thioether (sulfide) groups is 1. The average molecular weight is 307 g/mol. The lowest BCUT2D eigenvalue weighted by Gasteiger charge is -2.14. The van der Waals surface area contributed by atoms with E-state index in [0.717, 1.165) is 31.1 Å². The number of phenols is 1. The molecule has 0 amide bonds. The maximum atomic E-state index is 13.2. The van der Waals surface area contributed by atoms with Crippen LogP contribution < -0.4 is 0 Å². The molecule has 1 saturated heterocycles. The lowest BCUT2D eigenvalue weighted by Crippen LogP contribution is -2.23. The van der Waals surface area contributed by atoms with E-state index in [9.17, 15) is 9.50 Å². The highest BCUT2D eigenvalue weighted by atomic mass is 32.2. The number of rotatable bonds is 1. The molecule has 0 saturated carbocycles. The predicted molar refractivity (Wildman–Crippen MR) is 86.3 cm³/mol. The van der Waals surface area contributed by atoms with Crippen molar-refractivity contribution in [2.75, 3.05) is 13.1 Å². The van der Waals surface area contributed by atoms with E-state index in [0.29, 0.717) is 10.5 Å². The first kappa shape index (κ1) is 15.6. The molecule has 6 heteroatoms. The van der Waals surface area contributed by atoms with Gasteiger partial charge in [0.25, 0.3) is 0 Å². The molecule has 2 N–H and O–H groups in total. The number of phenolic OH excluding ortho intramolecular Hbond substituents is 1. The summed E-state index contributed by atoms with van der Waals surface area (Å²) in [4.78, 5) is 7.04. The van der Waals surface area contributed by atoms with Crippen LogP contribution >= 0.6 is 11.8 Å². The molecule has 2 aliphatic rings. The van der Waals surface area contributed by atoms with Gasteiger partial charge in [0.2, 0.25) is 0 Å². The minimum Gasteiger partial charge on any atom is -0.507 e. The van der Waals surface area contributed by atoms with Crippen molar-refractivity contribution in [2.24, 2.45) is 4.99 Å². The highest BCUT2D eigenvalue weighted by Crippen LogP contribution is 2.33. The zero-order valence-corrected chi connectivity index (χ0v) is 11.6. The molecule has 2 heterocycles. The number of halogens is 1. The summed E-state index contributed by atoms with van der Waals surface area (Å²) in [6, 6.07) is 3.77. The lowest BCUT2D eigenvalue weighted by molar-refractivity contribution is 0.471. The van der Waals surface area contributed by atoms with Gasteiger partial charge in [-0.25, -0.2) is 9.38 Å². The van der Waals surface area contributed by atoms with E-state index in [1.165, 1.54) is 30.0 Å². The molecule has 2 aliphatic heterocycles. The maximum absolute atomic E-state index is 13.2. The van der Waals surface area contributed by atoms with E-state index < -0.39 is 5.82 Å². The monoisotopic (exact) mass is 307 g/mol. The van der Waals surface area contributed by atoms with Crippen LogP contribution in [0.2, 0.25) is 0 Å². The SMILES string of the molecule is C.N=C1N=C(N2CCCC2)S/C1=C\c1cc(F)ccc1O. The molecule has 0 bridgehead atoms.